The molecule has 3 N–H and O–H groups in total. The molecule has 1 fully saturated rings. The van der Waals surface area contributed by atoms with Crippen LogP contribution >= 0.6 is 0 Å². The number of nitrogens with one attached hydrogen (secondary N) is 1. The molecule has 15 heavy (non-hydrogen) atoms. The van der Waals surface area contributed by atoms with Gasteiger partial charge in [0.1, 0.15) is 6.10 Å². The summed E-state index contributed by atoms with van der Waals surface area (Å²) in [6.45, 7) is 6.16. The van der Waals surface area contributed by atoms with Crippen molar-refractivity contribution < 1.29 is 9.53 Å². The van der Waals surface area contributed by atoms with Crippen molar-refractivity contribution in [1.29, 1.82) is 0 Å². The first-order valence-corrected chi connectivity index (χ1v) is 5.69. The summed E-state index contributed by atoms with van der Waals surface area (Å²) in [7, 11) is 0. The standard InChI is InChI=1S/C11H22N2O2/c1-4-11(3,7-12)15-8(2)10(14)13-9-5-6-9/h8-9H,4-7,12H2,1-3H3,(H,13,14). The summed E-state index contributed by atoms with van der Waals surface area (Å²) in [6, 6.07) is 0.384. The maximum Gasteiger partial charge on any atom is 0.249 e. The lowest BCUT2D eigenvalue weighted by atomic mass is 10.0. The summed E-state index contributed by atoms with van der Waals surface area (Å²) < 4.78 is 5.69. The maximum atomic E-state index is 11.6. The zero-order valence-electron chi connectivity index (χ0n) is 9.88. The van der Waals surface area contributed by atoms with E-state index in [1.165, 1.54) is 0 Å². The molecular weight excluding hydrogens is 192 g/mol. The van der Waals surface area contributed by atoms with E-state index in [2.05, 4.69) is 5.32 Å². The van der Waals surface area contributed by atoms with Gasteiger partial charge in [0.2, 0.25) is 5.91 Å². The molecule has 88 valence electrons. The van der Waals surface area contributed by atoms with Crippen LogP contribution in [0.25, 0.3) is 0 Å². The minimum atomic E-state index is -0.418. The molecule has 1 aliphatic rings. The van der Waals surface area contributed by atoms with E-state index in [1.807, 2.05) is 13.8 Å². The predicted molar refractivity (Wildman–Crippen MR) is 59.5 cm³/mol. The Hall–Kier alpha value is -0.610. The van der Waals surface area contributed by atoms with Crippen molar-refractivity contribution in [3.05, 3.63) is 0 Å². The summed E-state index contributed by atoms with van der Waals surface area (Å²) in [6.07, 6.45) is 2.59. The van der Waals surface area contributed by atoms with Gasteiger partial charge in [0.15, 0.2) is 0 Å². The number of carbonyl (C=O) groups excluding carboxylic acids is 1. The minimum Gasteiger partial charge on any atom is -0.361 e. The Labute approximate surface area is 91.5 Å². The van der Waals surface area contributed by atoms with Crippen molar-refractivity contribution in [2.75, 3.05) is 6.54 Å². The van der Waals surface area contributed by atoms with Gasteiger partial charge in [-0.15, -0.1) is 0 Å². The summed E-state index contributed by atoms with van der Waals surface area (Å²) in [4.78, 5) is 11.6. The number of hydrogen-bond donors (Lipinski definition) is 2. The fourth-order valence-corrected chi connectivity index (χ4v) is 1.30. The van der Waals surface area contributed by atoms with E-state index >= 15 is 0 Å². The average molecular weight is 214 g/mol. The molecule has 0 aliphatic heterocycles. The Balaban J connectivity index is 2.37. The number of amides is 1. The smallest absolute Gasteiger partial charge is 0.249 e. The van der Waals surface area contributed by atoms with Gasteiger partial charge in [0, 0.05) is 12.6 Å². The lowest BCUT2D eigenvalue weighted by molar-refractivity contribution is -0.143. The van der Waals surface area contributed by atoms with Crippen molar-refractivity contribution in [1.82, 2.24) is 5.32 Å². The molecule has 0 spiro atoms. The third-order valence-corrected chi connectivity index (χ3v) is 2.93. The second-order valence-corrected chi connectivity index (χ2v) is 4.55. The second kappa shape index (κ2) is 4.94. The van der Waals surface area contributed by atoms with E-state index in [0.29, 0.717) is 12.6 Å². The number of nitrogens with two attached hydrogens (primary N) is 1. The molecule has 0 heterocycles. The van der Waals surface area contributed by atoms with Crippen molar-refractivity contribution >= 4 is 5.91 Å². The van der Waals surface area contributed by atoms with Crippen LogP contribution in [0.3, 0.4) is 0 Å². The highest BCUT2D eigenvalue weighted by Crippen LogP contribution is 2.20. The second-order valence-electron chi connectivity index (χ2n) is 4.55. The van der Waals surface area contributed by atoms with E-state index in [9.17, 15) is 4.79 Å². The number of hydrogen-bond acceptors (Lipinski definition) is 3. The molecule has 1 amide bonds. The van der Waals surface area contributed by atoms with E-state index in [-0.39, 0.29) is 11.5 Å². The largest absolute Gasteiger partial charge is 0.361 e. The topological polar surface area (TPSA) is 64.3 Å². The molecule has 0 aromatic heterocycles. The fourth-order valence-electron chi connectivity index (χ4n) is 1.30. The first kappa shape index (κ1) is 12.5. The van der Waals surface area contributed by atoms with Gasteiger partial charge in [0.25, 0.3) is 0 Å². The lowest BCUT2D eigenvalue weighted by Crippen LogP contribution is -2.45. The SMILES string of the molecule is CCC(C)(CN)OC(C)C(=O)NC1CC1. The summed E-state index contributed by atoms with van der Waals surface area (Å²) in [5.41, 5.74) is 5.23. The molecule has 2 unspecified atom stereocenters. The molecule has 4 heteroatoms. The van der Waals surface area contributed by atoms with Crippen molar-refractivity contribution in [3.8, 4) is 0 Å². The normalized spacial score (nSPS) is 21.9. The molecule has 1 aliphatic carbocycles. The average Bonchev–Trinajstić information content (AvgIpc) is 3.01. The molecule has 0 aromatic carbocycles. The van der Waals surface area contributed by atoms with Gasteiger partial charge in [-0.1, -0.05) is 6.92 Å². The molecule has 0 aromatic rings. The summed E-state index contributed by atoms with van der Waals surface area (Å²) >= 11 is 0. The quantitative estimate of drug-likeness (QED) is 0.687. The van der Waals surface area contributed by atoms with Gasteiger partial charge in [-0.2, -0.15) is 0 Å². The number of rotatable bonds is 6. The van der Waals surface area contributed by atoms with Gasteiger partial charge >= 0.3 is 0 Å². The molecule has 0 saturated heterocycles. The van der Waals surface area contributed by atoms with Crippen molar-refractivity contribution in [3.63, 3.8) is 0 Å². The highest BCUT2D eigenvalue weighted by atomic mass is 16.5. The molecule has 4 nitrogen and oxygen atoms in total. The molecule has 1 saturated carbocycles. The van der Waals surface area contributed by atoms with Crippen LogP contribution in [0.5, 0.6) is 0 Å². The summed E-state index contributed by atoms with van der Waals surface area (Å²) in [5.74, 6) is -0.0226. The molecule has 0 bridgehead atoms. The van der Waals surface area contributed by atoms with Gasteiger partial charge in [-0.3, -0.25) is 4.79 Å². The molecule has 0 radical (unpaired) electrons. The van der Waals surface area contributed by atoms with Crippen molar-refractivity contribution in [2.24, 2.45) is 5.73 Å². The highest BCUT2D eigenvalue weighted by molar-refractivity contribution is 5.80. The Morgan fingerprint density at radius 1 is 1.67 bits per heavy atom. The lowest BCUT2D eigenvalue weighted by Gasteiger charge is -2.30. The van der Waals surface area contributed by atoms with Gasteiger partial charge < -0.3 is 15.8 Å². The minimum absolute atomic E-state index is 0.0226. The van der Waals surface area contributed by atoms with E-state index in [1.54, 1.807) is 6.92 Å². The van der Waals surface area contributed by atoms with E-state index in [4.69, 9.17) is 10.5 Å². The fraction of sp³-hybridized carbons (Fsp3) is 0.909. The third kappa shape index (κ3) is 3.80. The van der Waals surface area contributed by atoms with Gasteiger partial charge in [-0.05, 0) is 33.1 Å². The van der Waals surface area contributed by atoms with Gasteiger partial charge in [-0.25, -0.2) is 0 Å². The Morgan fingerprint density at radius 3 is 2.67 bits per heavy atom. The van der Waals surface area contributed by atoms with Crippen LogP contribution in [0.4, 0.5) is 0 Å². The predicted octanol–water partition coefficient (Wildman–Crippen LogP) is 0.797. The van der Waals surface area contributed by atoms with Crippen LogP contribution in [0.1, 0.15) is 40.0 Å². The van der Waals surface area contributed by atoms with E-state index < -0.39 is 6.10 Å². The van der Waals surface area contributed by atoms with Crippen molar-refractivity contribution in [2.45, 2.75) is 57.8 Å². The van der Waals surface area contributed by atoms with Crippen LogP contribution in [0.2, 0.25) is 0 Å². The molecule has 2 atom stereocenters. The Morgan fingerprint density at radius 2 is 2.27 bits per heavy atom. The number of carbonyl (C=O) groups is 1. The Bertz CT molecular complexity index is 223. The molecular formula is C11H22N2O2. The monoisotopic (exact) mass is 214 g/mol. The maximum absolute atomic E-state index is 11.6. The number of ether oxygens (including phenoxy) is 1. The highest BCUT2D eigenvalue weighted by Gasteiger charge is 2.30. The Kier molecular flexibility index (Phi) is 4.11. The molecule has 1 rings (SSSR count). The van der Waals surface area contributed by atoms with Crippen LogP contribution in [0.15, 0.2) is 0 Å². The zero-order valence-corrected chi connectivity index (χ0v) is 9.88. The van der Waals surface area contributed by atoms with Crippen LogP contribution in [-0.2, 0) is 9.53 Å². The first-order valence-electron chi connectivity index (χ1n) is 5.69. The van der Waals surface area contributed by atoms with E-state index in [0.717, 1.165) is 19.3 Å². The van der Waals surface area contributed by atoms with Crippen LogP contribution < -0.4 is 11.1 Å². The summed E-state index contributed by atoms with van der Waals surface area (Å²) in [5, 5.41) is 2.92. The third-order valence-electron chi connectivity index (χ3n) is 2.93. The zero-order chi connectivity index (χ0) is 11.5. The van der Waals surface area contributed by atoms with Crippen LogP contribution in [-0.4, -0.2) is 30.2 Å². The first-order chi connectivity index (χ1) is 7.00. The van der Waals surface area contributed by atoms with Gasteiger partial charge in [0.05, 0.1) is 5.60 Å². The van der Waals surface area contributed by atoms with Crippen LogP contribution in [0, 0.1) is 0 Å².